The van der Waals surface area contributed by atoms with Crippen LogP contribution in [0.25, 0.3) is 0 Å². The molecule has 2 aromatic rings. The summed E-state index contributed by atoms with van der Waals surface area (Å²) in [6.45, 7) is 16.2. The molecule has 0 spiro atoms. The number of anilines is 1. The molecule has 1 aliphatic rings. The van der Waals surface area contributed by atoms with Gasteiger partial charge in [0.1, 0.15) is 5.75 Å². The number of urea groups is 1. The summed E-state index contributed by atoms with van der Waals surface area (Å²) in [5.74, 6) is 0.827. The number of ether oxygens (including phenoxy) is 1. The largest absolute Gasteiger partial charge is 0.473 e. The first kappa shape index (κ1) is 22.0. The van der Waals surface area contributed by atoms with E-state index in [4.69, 9.17) is 4.74 Å². The van der Waals surface area contributed by atoms with Crippen LogP contribution >= 0.6 is 0 Å². The van der Waals surface area contributed by atoms with Crippen LogP contribution in [0, 0.1) is 20.8 Å². The van der Waals surface area contributed by atoms with Crippen molar-refractivity contribution in [2.24, 2.45) is 0 Å². The maximum absolute atomic E-state index is 12.6. The molecule has 0 unspecified atom stereocenters. The monoisotopic (exact) mass is 409 g/mol. The molecule has 0 atom stereocenters. The van der Waals surface area contributed by atoms with Crippen LogP contribution in [0.3, 0.4) is 0 Å². The number of rotatable bonds is 4. The predicted molar refractivity (Wildman–Crippen MR) is 124 cm³/mol. The lowest BCUT2D eigenvalue weighted by atomic mass is 9.85. The second-order valence-electron chi connectivity index (χ2n) is 9.21. The summed E-state index contributed by atoms with van der Waals surface area (Å²) in [5.41, 5.74) is 6.23. The van der Waals surface area contributed by atoms with E-state index in [0.29, 0.717) is 13.1 Å². The van der Waals surface area contributed by atoms with Crippen molar-refractivity contribution in [2.75, 3.05) is 37.8 Å². The Balaban J connectivity index is 1.52. The van der Waals surface area contributed by atoms with Gasteiger partial charge in [-0.05, 0) is 55.0 Å². The number of hydrogen-bond acceptors (Lipinski definition) is 3. The molecule has 162 valence electrons. The second-order valence-corrected chi connectivity index (χ2v) is 9.21. The predicted octanol–water partition coefficient (Wildman–Crippen LogP) is 4.78. The molecule has 1 heterocycles. The number of carbonyl (C=O) groups is 1. The smallest absolute Gasteiger partial charge is 0.320 e. The van der Waals surface area contributed by atoms with Gasteiger partial charge in [-0.25, -0.2) is 4.79 Å². The van der Waals surface area contributed by atoms with Gasteiger partial charge < -0.3 is 19.9 Å². The summed E-state index contributed by atoms with van der Waals surface area (Å²) < 4.78 is 5.93. The van der Waals surface area contributed by atoms with E-state index in [1.807, 2.05) is 17.0 Å². The number of benzene rings is 2. The number of aryl methyl sites for hydroxylation is 2. The molecule has 30 heavy (non-hydrogen) atoms. The first-order chi connectivity index (χ1) is 14.2. The van der Waals surface area contributed by atoms with Crippen molar-refractivity contribution in [2.45, 2.75) is 47.0 Å². The van der Waals surface area contributed by atoms with E-state index in [0.717, 1.165) is 24.4 Å². The second kappa shape index (κ2) is 8.99. The van der Waals surface area contributed by atoms with Crippen LogP contribution in [0.15, 0.2) is 36.4 Å². The van der Waals surface area contributed by atoms with Crippen molar-refractivity contribution < 1.29 is 9.53 Å². The first-order valence-electron chi connectivity index (χ1n) is 10.7. The lowest BCUT2D eigenvalue weighted by Gasteiger charge is -2.37. The van der Waals surface area contributed by atoms with E-state index in [1.54, 1.807) is 0 Å². The molecule has 1 N–H and O–H groups in total. The molecule has 5 heteroatoms. The van der Waals surface area contributed by atoms with E-state index in [2.05, 4.69) is 76.0 Å². The molecule has 0 radical (unpaired) electrons. The van der Waals surface area contributed by atoms with Gasteiger partial charge in [0.25, 0.3) is 0 Å². The lowest BCUT2D eigenvalue weighted by Crippen LogP contribution is -2.52. The molecule has 1 fully saturated rings. The highest BCUT2D eigenvalue weighted by molar-refractivity contribution is 5.74. The molecule has 0 bridgehead atoms. The minimum Gasteiger partial charge on any atom is -0.473 e. The number of carbonyl (C=O) groups excluding carboxylic acids is 1. The Morgan fingerprint density at radius 3 is 2.40 bits per heavy atom. The first-order valence-corrected chi connectivity index (χ1v) is 10.7. The zero-order chi connectivity index (χ0) is 21.9. The summed E-state index contributed by atoms with van der Waals surface area (Å²) >= 11 is 0. The standard InChI is InChI=1S/C25H35N3O2/c1-18-10-11-23(21(16-18)25(4,5)6)30-17-26-24(29)28-14-12-27(13-15-28)22-9-7-8-19(2)20(22)3/h7-11,16H,12-15,17H2,1-6H3,(H,26,29). The third-order valence-electron chi connectivity index (χ3n) is 5.88. The Labute approximate surface area is 181 Å². The van der Waals surface area contributed by atoms with Gasteiger partial charge in [-0.2, -0.15) is 0 Å². The molecule has 2 aromatic carbocycles. The van der Waals surface area contributed by atoms with Crippen molar-refractivity contribution in [1.29, 1.82) is 0 Å². The Morgan fingerprint density at radius 1 is 1.03 bits per heavy atom. The van der Waals surface area contributed by atoms with Crippen LogP contribution < -0.4 is 15.0 Å². The number of nitrogens with one attached hydrogen (secondary N) is 1. The van der Waals surface area contributed by atoms with Crippen molar-refractivity contribution >= 4 is 11.7 Å². The Morgan fingerprint density at radius 2 is 1.73 bits per heavy atom. The normalized spacial score (nSPS) is 14.6. The molecule has 1 aliphatic heterocycles. The van der Waals surface area contributed by atoms with E-state index < -0.39 is 0 Å². The third-order valence-corrected chi connectivity index (χ3v) is 5.88. The number of hydrogen-bond donors (Lipinski definition) is 1. The van der Waals surface area contributed by atoms with Crippen LogP contribution in [-0.2, 0) is 5.41 Å². The Bertz CT molecular complexity index is 894. The molecule has 0 aromatic heterocycles. The van der Waals surface area contributed by atoms with Crippen LogP contribution in [-0.4, -0.2) is 43.8 Å². The fourth-order valence-corrected chi connectivity index (χ4v) is 3.87. The fraction of sp³-hybridized carbons (Fsp3) is 0.480. The van der Waals surface area contributed by atoms with Crippen LogP contribution in [0.4, 0.5) is 10.5 Å². The maximum Gasteiger partial charge on any atom is 0.320 e. The molecule has 5 nitrogen and oxygen atoms in total. The minimum absolute atomic E-state index is 0.0182. The molecule has 1 saturated heterocycles. The summed E-state index contributed by atoms with van der Waals surface area (Å²) in [6.07, 6.45) is 0. The fourth-order valence-electron chi connectivity index (χ4n) is 3.87. The van der Waals surface area contributed by atoms with E-state index in [1.165, 1.54) is 22.4 Å². The number of amides is 2. The van der Waals surface area contributed by atoms with E-state index in [-0.39, 0.29) is 18.2 Å². The SMILES string of the molecule is Cc1ccc(OCNC(=O)N2CCN(c3cccc(C)c3C)CC2)c(C(C)(C)C)c1. The van der Waals surface area contributed by atoms with Crippen molar-refractivity contribution in [3.05, 3.63) is 58.7 Å². The minimum atomic E-state index is -0.0694. The van der Waals surface area contributed by atoms with Gasteiger partial charge in [-0.15, -0.1) is 0 Å². The maximum atomic E-state index is 12.6. The van der Waals surface area contributed by atoms with Crippen molar-refractivity contribution in [1.82, 2.24) is 10.2 Å². The zero-order valence-electron chi connectivity index (χ0n) is 19.2. The van der Waals surface area contributed by atoms with E-state index in [9.17, 15) is 4.79 Å². The highest BCUT2D eigenvalue weighted by atomic mass is 16.5. The van der Waals surface area contributed by atoms with Gasteiger partial charge in [0.2, 0.25) is 0 Å². The van der Waals surface area contributed by atoms with Crippen molar-refractivity contribution in [3.8, 4) is 5.75 Å². The van der Waals surface area contributed by atoms with Crippen LogP contribution in [0.2, 0.25) is 0 Å². The number of piperazine rings is 1. The van der Waals surface area contributed by atoms with Crippen LogP contribution in [0.1, 0.15) is 43.0 Å². The highest BCUT2D eigenvalue weighted by Gasteiger charge is 2.23. The molecule has 0 aliphatic carbocycles. The highest BCUT2D eigenvalue weighted by Crippen LogP contribution is 2.32. The Kier molecular flexibility index (Phi) is 6.59. The molecule has 0 saturated carbocycles. The van der Waals surface area contributed by atoms with Gasteiger partial charge in [0, 0.05) is 31.9 Å². The molecular weight excluding hydrogens is 374 g/mol. The molecule has 3 rings (SSSR count). The zero-order valence-corrected chi connectivity index (χ0v) is 19.2. The third kappa shape index (κ3) is 5.07. The van der Waals surface area contributed by atoms with Gasteiger partial charge >= 0.3 is 6.03 Å². The summed E-state index contributed by atoms with van der Waals surface area (Å²) in [5, 5.41) is 2.92. The Hall–Kier alpha value is -2.69. The lowest BCUT2D eigenvalue weighted by molar-refractivity contribution is 0.181. The molecular formula is C25H35N3O2. The average Bonchev–Trinajstić information content (AvgIpc) is 2.70. The molecule has 2 amide bonds. The van der Waals surface area contributed by atoms with Crippen molar-refractivity contribution in [3.63, 3.8) is 0 Å². The summed E-state index contributed by atoms with van der Waals surface area (Å²) in [6, 6.07) is 12.5. The number of nitrogens with zero attached hydrogens (tertiary/aromatic N) is 2. The van der Waals surface area contributed by atoms with Gasteiger partial charge in [-0.1, -0.05) is 50.6 Å². The van der Waals surface area contributed by atoms with Crippen LogP contribution in [0.5, 0.6) is 5.75 Å². The summed E-state index contributed by atoms with van der Waals surface area (Å²) in [4.78, 5) is 16.8. The van der Waals surface area contributed by atoms with Gasteiger partial charge in [0.05, 0.1) is 0 Å². The summed E-state index contributed by atoms with van der Waals surface area (Å²) in [7, 11) is 0. The van der Waals surface area contributed by atoms with Gasteiger partial charge in [0.15, 0.2) is 6.73 Å². The quantitative estimate of drug-likeness (QED) is 0.740. The topological polar surface area (TPSA) is 44.8 Å². The van der Waals surface area contributed by atoms with Gasteiger partial charge in [-0.3, -0.25) is 0 Å². The van der Waals surface area contributed by atoms with E-state index >= 15 is 0 Å². The average molecular weight is 410 g/mol.